The number of anilines is 1. The largest absolute Gasteiger partial charge is 0.496 e. The average molecular weight is 345 g/mol. The molecule has 0 saturated carbocycles. The first-order valence-corrected chi connectivity index (χ1v) is 7.54. The summed E-state index contributed by atoms with van der Waals surface area (Å²) >= 11 is 5.21. The second kappa shape index (κ2) is 8.73. The smallest absolute Gasteiger partial charge is 0.191 e. The van der Waals surface area contributed by atoms with Crippen molar-refractivity contribution in [3.8, 4) is 17.2 Å². The standard InChI is InChI=1S/C17H19N3O3S/c1-21-14-7-5-4-6-12(14)11-18-20-17(24)19-13-8-9-15(22-2)16(10-13)23-3/h4-11H,1-3H3,(H2,19,20,24)/b18-11-. The number of benzene rings is 2. The molecule has 0 aromatic heterocycles. The summed E-state index contributed by atoms with van der Waals surface area (Å²) < 4.78 is 15.7. The van der Waals surface area contributed by atoms with Crippen LogP contribution in [-0.4, -0.2) is 32.7 Å². The predicted octanol–water partition coefficient (Wildman–Crippen LogP) is 3.03. The Bertz CT molecular complexity index is 735. The molecule has 2 rings (SSSR count). The molecule has 24 heavy (non-hydrogen) atoms. The third-order valence-electron chi connectivity index (χ3n) is 3.15. The lowest BCUT2D eigenvalue weighted by atomic mass is 10.2. The van der Waals surface area contributed by atoms with E-state index in [4.69, 9.17) is 26.4 Å². The van der Waals surface area contributed by atoms with E-state index >= 15 is 0 Å². The maximum atomic E-state index is 5.25. The third kappa shape index (κ3) is 4.60. The van der Waals surface area contributed by atoms with Crippen molar-refractivity contribution in [1.29, 1.82) is 0 Å². The van der Waals surface area contributed by atoms with Crippen LogP contribution in [0, 0.1) is 0 Å². The molecule has 0 bridgehead atoms. The van der Waals surface area contributed by atoms with Crippen molar-refractivity contribution in [3.63, 3.8) is 0 Å². The van der Waals surface area contributed by atoms with Crippen LogP contribution in [0.1, 0.15) is 5.56 Å². The highest BCUT2D eigenvalue weighted by Crippen LogP contribution is 2.29. The normalized spacial score (nSPS) is 10.3. The summed E-state index contributed by atoms with van der Waals surface area (Å²) in [5, 5.41) is 7.49. The number of nitrogens with zero attached hydrogens (tertiary/aromatic N) is 1. The van der Waals surface area contributed by atoms with Crippen molar-refractivity contribution >= 4 is 29.2 Å². The van der Waals surface area contributed by atoms with Crippen LogP contribution in [0.3, 0.4) is 0 Å². The minimum absolute atomic E-state index is 0.355. The topological polar surface area (TPSA) is 64.1 Å². The van der Waals surface area contributed by atoms with Crippen molar-refractivity contribution in [2.75, 3.05) is 26.6 Å². The SMILES string of the molecule is COc1ccccc1/C=N\NC(=S)Nc1ccc(OC)c(OC)c1. The number of hydrazone groups is 1. The molecule has 2 N–H and O–H groups in total. The Morgan fingerprint density at radius 3 is 2.38 bits per heavy atom. The first-order valence-electron chi connectivity index (χ1n) is 7.13. The summed E-state index contributed by atoms with van der Waals surface area (Å²) in [6.07, 6.45) is 1.64. The van der Waals surface area contributed by atoms with Crippen LogP contribution < -0.4 is 25.0 Å². The van der Waals surface area contributed by atoms with Gasteiger partial charge in [-0.15, -0.1) is 0 Å². The molecule has 7 heteroatoms. The number of methoxy groups -OCH3 is 3. The molecule has 0 aliphatic carbocycles. The van der Waals surface area contributed by atoms with Crippen molar-refractivity contribution in [1.82, 2.24) is 5.43 Å². The highest BCUT2D eigenvalue weighted by Gasteiger charge is 2.05. The lowest BCUT2D eigenvalue weighted by Crippen LogP contribution is -2.23. The van der Waals surface area contributed by atoms with Gasteiger partial charge in [0.1, 0.15) is 5.75 Å². The van der Waals surface area contributed by atoms with Crippen molar-refractivity contribution in [2.45, 2.75) is 0 Å². The van der Waals surface area contributed by atoms with E-state index in [1.54, 1.807) is 39.7 Å². The van der Waals surface area contributed by atoms with Crippen LogP contribution in [0.15, 0.2) is 47.6 Å². The number of para-hydroxylation sites is 1. The highest BCUT2D eigenvalue weighted by molar-refractivity contribution is 7.80. The summed E-state index contributed by atoms with van der Waals surface area (Å²) in [6, 6.07) is 13.0. The lowest BCUT2D eigenvalue weighted by molar-refractivity contribution is 0.355. The molecule has 0 radical (unpaired) electrons. The van der Waals surface area contributed by atoms with Gasteiger partial charge in [-0.1, -0.05) is 12.1 Å². The van der Waals surface area contributed by atoms with Crippen LogP contribution in [0.2, 0.25) is 0 Å². The summed E-state index contributed by atoms with van der Waals surface area (Å²) in [5.41, 5.74) is 4.37. The van der Waals surface area contributed by atoms with Gasteiger partial charge in [-0.05, 0) is 36.5 Å². The first kappa shape index (κ1) is 17.6. The van der Waals surface area contributed by atoms with Crippen LogP contribution in [0.25, 0.3) is 0 Å². The second-order valence-corrected chi connectivity index (χ2v) is 5.04. The van der Waals surface area contributed by atoms with E-state index < -0.39 is 0 Å². The zero-order valence-electron chi connectivity index (χ0n) is 13.7. The zero-order valence-corrected chi connectivity index (χ0v) is 14.5. The van der Waals surface area contributed by atoms with Crippen molar-refractivity contribution in [2.24, 2.45) is 5.10 Å². The number of hydrogen-bond acceptors (Lipinski definition) is 5. The minimum atomic E-state index is 0.355. The Hall–Kier alpha value is -2.80. The van der Waals surface area contributed by atoms with Gasteiger partial charge in [0.05, 0.1) is 27.5 Å². The molecule has 0 heterocycles. The molecule has 0 saturated heterocycles. The maximum Gasteiger partial charge on any atom is 0.191 e. The highest BCUT2D eigenvalue weighted by atomic mass is 32.1. The summed E-state index contributed by atoms with van der Waals surface area (Å²) in [5.74, 6) is 2.00. The molecular weight excluding hydrogens is 326 g/mol. The van der Waals surface area contributed by atoms with Crippen molar-refractivity contribution < 1.29 is 14.2 Å². The monoisotopic (exact) mass is 345 g/mol. The fourth-order valence-corrected chi connectivity index (χ4v) is 2.18. The van der Waals surface area contributed by atoms with Gasteiger partial charge in [0.2, 0.25) is 0 Å². The van der Waals surface area contributed by atoms with E-state index in [0.29, 0.717) is 16.6 Å². The number of ether oxygens (including phenoxy) is 3. The van der Waals surface area contributed by atoms with Gasteiger partial charge in [0.15, 0.2) is 16.6 Å². The Labute approximate surface area is 146 Å². The molecule has 0 fully saturated rings. The minimum Gasteiger partial charge on any atom is -0.496 e. The molecule has 6 nitrogen and oxygen atoms in total. The number of nitrogens with one attached hydrogen (secondary N) is 2. The molecule has 0 aliphatic rings. The van der Waals surface area contributed by atoms with Gasteiger partial charge in [0, 0.05) is 17.3 Å². The third-order valence-corrected chi connectivity index (χ3v) is 3.34. The fraction of sp³-hybridized carbons (Fsp3) is 0.176. The predicted molar refractivity (Wildman–Crippen MR) is 99.5 cm³/mol. The lowest BCUT2D eigenvalue weighted by Gasteiger charge is -2.11. The van der Waals surface area contributed by atoms with Crippen LogP contribution >= 0.6 is 12.2 Å². The Morgan fingerprint density at radius 2 is 1.67 bits per heavy atom. The summed E-state index contributed by atoms with van der Waals surface area (Å²) in [6.45, 7) is 0. The van der Waals surface area contributed by atoms with Gasteiger partial charge in [-0.25, -0.2) is 0 Å². The van der Waals surface area contributed by atoms with Gasteiger partial charge in [0.25, 0.3) is 0 Å². The van der Waals surface area contributed by atoms with E-state index in [9.17, 15) is 0 Å². The quantitative estimate of drug-likeness (QED) is 0.477. The molecule has 0 atom stereocenters. The summed E-state index contributed by atoms with van der Waals surface area (Å²) in [4.78, 5) is 0. The molecular formula is C17H19N3O3S. The summed E-state index contributed by atoms with van der Waals surface area (Å²) in [7, 11) is 4.78. The van der Waals surface area contributed by atoms with Gasteiger partial charge in [-0.2, -0.15) is 5.10 Å². The second-order valence-electron chi connectivity index (χ2n) is 4.64. The molecule has 0 spiro atoms. The van der Waals surface area contributed by atoms with E-state index in [1.807, 2.05) is 30.3 Å². The van der Waals surface area contributed by atoms with E-state index in [-0.39, 0.29) is 0 Å². The Balaban J connectivity index is 1.97. The zero-order chi connectivity index (χ0) is 17.4. The molecule has 2 aromatic rings. The van der Waals surface area contributed by atoms with E-state index in [0.717, 1.165) is 17.0 Å². The number of rotatable bonds is 6. The van der Waals surface area contributed by atoms with Crippen LogP contribution in [0.5, 0.6) is 17.2 Å². The average Bonchev–Trinajstić information content (AvgIpc) is 2.62. The number of hydrogen-bond donors (Lipinski definition) is 2. The van der Waals surface area contributed by atoms with Gasteiger partial charge in [-0.3, -0.25) is 5.43 Å². The maximum absolute atomic E-state index is 5.25. The molecule has 0 amide bonds. The number of thiocarbonyl (C=S) groups is 1. The van der Waals surface area contributed by atoms with E-state index in [1.165, 1.54) is 0 Å². The molecule has 0 aliphatic heterocycles. The molecule has 0 unspecified atom stereocenters. The van der Waals surface area contributed by atoms with Crippen LogP contribution in [0.4, 0.5) is 5.69 Å². The Kier molecular flexibility index (Phi) is 6.39. The van der Waals surface area contributed by atoms with Gasteiger partial charge < -0.3 is 19.5 Å². The fourth-order valence-electron chi connectivity index (χ4n) is 2.01. The molecule has 126 valence electrons. The van der Waals surface area contributed by atoms with Crippen LogP contribution in [-0.2, 0) is 0 Å². The molecule has 2 aromatic carbocycles. The van der Waals surface area contributed by atoms with Gasteiger partial charge >= 0.3 is 0 Å². The first-order chi connectivity index (χ1) is 11.7. The van der Waals surface area contributed by atoms with Crippen molar-refractivity contribution in [3.05, 3.63) is 48.0 Å². The Morgan fingerprint density at radius 1 is 0.958 bits per heavy atom. The van der Waals surface area contributed by atoms with E-state index in [2.05, 4.69) is 15.8 Å².